The standard InChI is InChI=1S/C51H34O/c1-51(2)45-26-25-35(29-43(45)44-28-31-13-3-4-14-32(31)30-46(44)51)49-40-20-7-5-18-38(40)48(39-19-6-8-21-41(39)49)34-16-11-15-33(27-34)36-22-12-23-42-37-17-9-10-24-47(37)52-50(36)42/h3-30H,1-2H3. The van der Waals surface area contributed by atoms with Crippen LogP contribution in [-0.2, 0) is 5.41 Å². The summed E-state index contributed by atoms with van der Waals surface area (Å²) in [5.41, 5.74) is 14.5. The van der Waals surface area contributed by atoms with Crippen LogP contribution in [0.5, 0.6) is 0 Å². The maximum Gasteiger partial charge on any atom is 0.143 e. The molecule has 1 aromatic heterocycles. The van der Waals surface area contributed by atoms with Crippen LogP contribution in [0, 0.1) is 0 Å². The molecule has 1 nitrogen and oxygen atoms in total. The van der Waals surface area contributed by atoms with Gasteiger partial charge in [-0.2, -0.15) is 0 Å². The van der Waals surface area contributed by atoms with E-state index in [9.17, 15) is 0 Å². The van der Waals surface area contributed by atoms with Crippen LogP contribution in [0.4, 0.5) is 0 Å². The maximum absolute atomic E-state index is 6.48. The molecule has 0 saturated carbocycles. The highest BCUT2D eigenvalue weighted by Crippen LogP contribution is 2.52. The van der Waals surface area contributed by atoms with Crippen LogP contribution in [0.3, 0.4) is 0 Å². The molecule has 9 aromatic carbocycles. The molecule has 244 valence electrons. The molecular formula is C51H34O. The van der Waals surface area contributed by atoms with E-state index in [0.29, 0.717) is 0 Å². The number of benzene rings is 9. The minimum Gasteiger partial charge on any atom is -0.455 e. The first-order chi connectivity index (χ1) is 25.5. The fourth-order valence-corrected chi connectivity index (χ4v) is 9.16. The van der Waals surface area contributed by atoms with E-state index in [-0.39, 0.29) is 5.41 Å². The van der Waals surface area contributed by atoms with Gasteiger partial charge in [-0.15, -0.1) is 0 Å². The zero-order chi connectivity index (χ0) is 34.6. The summed E-state index contributed by atoms with van der Waals surface area (Å²) in [5, 5.41) is 9.91. The third kappa shape index (κ3) is 4.11. The Balaban J connectivity index is 1.13. The summed E-state index contributed by atoms with van der Waals surface area (Å²) in [6.07, 6.45) is 0. The lowest BCUT2D eigenvalue weighted by Crippen LogP contribution is -2.14. The Morgan fingerprint density at radius 1 is 0.365 bits per heavy atom. The van der Waals surface area contributed by atoms with Gasteiger partial charge in [-0.25, -0.2) is 0 Å². The average molecular weight is 663 g/mol. The second-order valence-electron chi connectivity index (χ2n) is 14.8. The molecule has 10 aromatic rings. The minimum absolute atomic E-state index is 0.0705. The molecule has 0 atom stereocenters. The van der Waals surface area contributed by atoms with Gasteiger partial charge in [0.05, 0.1) is 0 Å². The second kappa shape index (κ2) is 10.8. The molecule has 0 aliphatic heterocycles. The molecule has 1 aliphatic rings. The van der Waals surface area contributed by atoms with Crippen molar-refractivity contribution in [2.24, 2.45) is 0 Å². The predicted octanol–water partition coefficient (Wildman–Crippen LogP) is 14.4. The topological polar surface area (TPSA) is 13.1 Å². The lowest BCUT2D eigenvalue weighted by molar-refractivity contribution is 0.661. The van der Waals surface area contributed by atoms with Gasteiger partial charge in [-0.3, -0.25) is 0 Å². The zero-order valence-electron chi connectivity index (χ0n) is 29.1. The molecule has 0 radical (unpaired) electrons. The average Bonchev–Trinajstić information content (AvgIpc) is 3.67. The molecule has 0 fully saturated rings. The van der Waals surface area contributed by atoms with E-state index in [0.717, 1.165) is 33.1 Å². The van der Waals surface area contributed by atoms with Crippen molar-refractivity contribution >= 4 is 54.3 Å². The summed E-state index contributed by atoms with van der Waals surface area (Å²) >= 11 is 0. The van der Waals surface area contributed by atoms with Crippen molar-refractivity contribution in [1.82, 2.24) is 0 Å². The van der Waals surface area contributed by atoms with Gasteiger partial charge in [-0.1, -0.05) is 153 Å². The number of rotatable bonds is 3. The van der Waals surface area contributed by atoms with Gasteiger partial charge in [0.2, 0.25) is 0 Å². The van der Waals surface area contributed by atoms with Gasteiger partial charge in [0, 0.05) is 21.8 Å². The lowest BCUT2D eigenvalue weighted by Gasteiger charge is -2.22. The zero-order valence-corrected chi connectivity index (χ0v) is 29.1. The number of hydrogen-bond donors (Lipinski definition) is 0. The van der Waals surface area contributed by atoms with Gasteiger partial charge >= 0.3 is 0 Å². The molecule has 0 N–H and O–H groups in total. The largest absolute Gasteiger partial charge is 0.455 e. The third-order valence-corrected chi connectivity index (χ3v) is 11.6. The first-order valence-corrected chi connectivity index (χ1v) is 18.2. The molecule has 0 spiro atoms. The quantitative estimate of drug-likeness (QED) is 0.172. The first-order valence-electron chi connectivity index (χ1n) is 18.2. The summed E-state index contributed by atoms with van der Waals surface area (Å²) in [5.74, 6) is 0. The molecular weight excluding hydrogens is 629 g/mol. The molecule has 11 rings (SSSR count). The summed E-state index contributed by atoms with van der Waals surface area (Å²) in [7, 11) is 0. The van der Waals surface area contributed by atoms with Crippen LogP contribution < -0.4 is 0 Å². The summed E-state index contributed by atoms with van der Waals surface area (Å²) in [6, 6.07) is 62.5. The first kappa shape index (κ1) is 29.3. The van der Waals surface area contributed by atoms with E-state index in [1.54, 1.807) is 0 Å². The van der Waals surface area contributed by atoms with Gasteiger partial charge < -0.3 is 4.42 Å². The highest BCUT2D eigenvalue weighted by Gasteiger charge is 2.36. The van der Waals surface area contributed by atoms with Crippen LogP contribution in [-0.4, -0.2) is 0 Å². The van der Waals surface area contributed by atoms with E-state index >= 15 is 0 Å². The Morgan fingerprint density at radius 3 is 1.62 bits per heavy atom. The van der Waals surface area contributed by atoms with Crippen LogP contribution in [0.1, 0.15) is 25.0 Å². The fraction of sp³-hybridized carbons (Fsp3) is 0.0588. The van der Waals surface area contributed by atoms with Crippen molar-refractivity contribution in [2.45, 2.75) is 19.3 Å². The van der Waals surface area contributed by atoms with E-state index in [1.165, 1.54) is 76.8 Å². The second-order valence-corrected chi connectivity index (χ2v) is 14.8. The highest BCUT2D eigenvalue weighted by molar-refractivity contribution is 6.22. The normalized spacial score (nSPS) is 13.3. The molecule has 0 bridgehead atoms. The maximum atomic E-state index is 6.48. The van der Waals surface area contributed by atoms with Crippen LogP contribution >= 0.6 is 0 Å². The third-order valence-electron chi connectivity index (χ3n) is 11.6. The molecule has 0 unspecified atom stereocenters. The van der Waals surface area contributed by atoms with E-state index in [1.807, 2.05) is 6.07 Å². The fourth-order valence-electron chi connectivity index (χ4n) is 9.16. The molecule has 1 heteroatoms. The predicted molar refractivity (Wildman–Crippen MR) is 220 cm³/mol. The van der Waals surface area contributed by atoms with Gasteiger partial charge in [0.1, 0.15) is 11.2 Å². The van der Waals surface area contributed by atoms with Crippen molar-refractivity contribution in [1.29, 1.82) is 0 Å². The van der Waals surface area contributed by atoms with Crippen LogP contribution in [0.25, 0.3) is 98.8 Å². The summed E-state index contributed by atoms with van der Waals surface area (Å²) < 4.78 is 6.48. The molecule has 0 amide bonds. The minimum atomic E-state index is -0.0705. The Labute approximate surface area is 302 Å². The van der Waals surface area contributed by atoms with Crippen molar-refractivity contribution in [3.8, 4) is 44.5 Å². The Morgan fingerprint density at radius 2 is 0.904 bits per heavy atom. The van der Waals surface area contributed by atoms with Gasteiger partial charge in [0.25, 0.3) is 0 Å². The molecule has 1 heterocycles. The van der Waals surface area contributed by atoms with Crippen molar-refractivity contribution in [2.75, 3.05) is 0 Å². The van der Waals surface area contributed by atoms with Gasteiger partial charge in [-0.05, 0) is 113 Å². The van der Waals surface area contributed by atoms with Crippen LogP contribution in [0.15, 0.2) is 174 Å². The number of hydrogen-bond acceptors (Lipinski definition) is 1. The number of para-hydroxylation sites is 2. The smallest absolute Gasteiger partial charge is 0.143 e. The lowest BCUT2D eigenvalue weighted by atomic mass is 9.81. The SMILES string of the molecule is CC1(C)c2ccc(-c3c4ccccc4c(-c4cccc(-c5cccc6c5oc5ccccc56)c4)c4ccccc34)cc2-c2cc3ccccc3cc21. The summed E-state index contributed by atoms with van der Waals surface area (Å²) in [6.45, 7) is 4.74. The van der Waals surface area contributed by atoms with E-state index < -0.39 is 0 Å². The highest BCUT2D eigenvalue weighted by atomic mass is 16.3. The van der Waals surface area contributed by atoms with Crippen molar-refractivity contribution in [3.63, 3.8) is 0 Å². The Bertz CT molecular complexity index is 3040. The van der Waals surface area contributed by atoms with Crippen molar-refractivity contribution in [3.05, 3.63) is 181 Å². The summed E-state index contributed by atoms with van der Waals surface area (Å²) in [4.78, 5) is 0. The van der Waals surface area contributed by atoms with E-state index in [2.05, 4.69) is 178 Å². The van der Waals surface area contributed by atoms with Gasteiger partial charge in [0.15, 0.2) is 0 Å². The van der Waals surface area contributed by atoms with Crippen LogP contribution in [0.2, 0.25) is 0 Å². The molecule has 1 aliphatic carbocycles. The molecule has 0 saturated heterocycles. The Hall–Kier alpha value is -6.44. The molecule has 52 heavy (non-hydrogen) atoms. The monoisotopic (exact) mass is 662 g/mol. The van der Waals surface area contributed by atoms with Crippen molar-refractivity contribution < 1.29 is 4.42 Å². The van der Waals surface area contributed by atoms with E-state index in [4.69, 9.17) is 4.42 Å². The number of furan rings is 1. The Kier molecular flexibility index (Phi) is 6.08. The number of fused-ring (bicyclic) bond motifs is 9.